The number of aliphatic hydroxyl groups excluding tert-OH is 1. The Labute approximate surface area is 162 Å². The van der Waals surface area contributed by atoms with Gasteiger partial charge >= 0.3 is 5.97 Å². The Bertz CT molecular complexity index is 925. The maximum Gasteiger partial charge on any atom is 0.340 e. The Morgan fingerprint density at radius 1 is 1.19 bits per heavy atom. The first-order chi connectivity index (χ1) is 13.1. The van der Waals surface area contributed by atoms with E-state index in [2.05, 4.69) is 10.4 Å². The zero-order valence-electron chi connectivity index (χ0n) is 14.9. The van der Waals surface area contributed by atoms with E-state index in [0.717, 1.165) is 5.69 Å². The number of esters is 1. The van der Waals surface area contributed by atoms with E-state index in [1.165, 1.54) is 0 Å². The van der Waals surface area contributed by atoms with Crippen molar-refractivity contribution in [3.05, 3.63) is 76.6 Å². The average molecular weight is 386 g/mol. The molecule has 3 aromatic rings. The van der Waals surface area contributed by atoms with E-state index >= 15 is 0 Å². The number of anilines is 1. The number of benzene rings is 2. The first-order valence-electron chi connectivity index (χ1n) is 8.52. The molecule has 2 N–H and O–H groups in total. The fraction of sp³-hybridized carbons (Fsp3) is 0.200. The van der Waals surface area contributed by atoms with Crippen molar-refractivity contribution in [1.82, 2.24) is 9.78 Å². The first kappa shape index (κ1) is 18.9. The third-order valence-corrected chi connectivity index (χ3v) is 4.43. The molecule has 3 rings (SSSR count). The van der Waals surface area contributed by atoms with Crippen LogP contribution in [0, 0.1) is 6.92 Å². The Morgan fingerprint density at radius 2 is 1.89 bits per heavy atom. The van der Waals surface area contributed by atoms with Crippen molar-refractivity contribution < 1.29 is 14.6 Å². The number of halogens is 1. The van der Waals surface area contributed by atoms with Crippen molar-refractivity contribution in [1.29, 1.82) is 0 Å². The van der Waals surface area contributed by atoms with Crippen molar-refractivity contribution in [2.24, 2.45) is 0 Å². The van der Waals surface area contributed by atoms with Gasteiger partial charge < -0.3 is 15.2 Å². The van der Waals surface area contributed by atoms with E-state index in [1.807, 2.05) is 37.3 Å². The first-order valence-corrected chi connectivity index (χ1v) is 8.90. The molecule has 1 aromatic heterocycles. The summed E-state index contributed by atoms with van der Waals surface area (Å²) in [6, 6.07) is 16.5. The van der Waals surface area contributed by atoms with E-state index in [9.17, 15) is 4.79 Å². The van der Waals surface area contributed by atoms with Crippen LogP contribution in [0.1, 0.15) is 21.6 Å². The van der Waals surface area contributed by atoms with Gasteiger partial charge in [-0.25, -0.2) is 9.48 Å². The van der Waals surface area contributed by atoms with Gasteiger partial charge in [-0.05, 0) is 31.2 Å². The molecule has 0 aliphatic rings. The molecule has 0 unspecified atom stereocenters. The van der Waals surface area contributed by atoms with E-state index in [4.69, 9.17) is 21.4 Å². The number of ether oxygens (including phenoxy) is 1. The lowest BCUT2D eigenvalue weighted by Crippen LogP contribution is -2.12. The van der Waals surface area contributed by atoms with E-state index in [1.54, 1.807) is 28.9 Å². The molecule has 6 nitrogen and oxygen atoms in total. The predicted octanol–water partition coefficient (Wildman–Crippen LogP) is 3.60. The van der Waals surface area contributed by atoms with E-state index < -0.39 is 5.97 Å². The minimum atomic E-state index is -0.473. The minimum Gasteiger partial charge on any atom is -0.457 e. The number of carbonyl (C=O) groups excluding carboxylic acids is 1. The van der Waals surface area contributed by atoms with Crippen LogP contribution in [-0.2, 0) is 11.3 Å². The Balaban J connectivity index is 1.76. The SMILES string of the molecule is Cc1nn(-c2ccccc2)c(Cl)c1COC(=O)c1ccccc1NCCO. The molecule has 0 spiro atoms. The Morgan fingerprint density at radius 3 is 2.63 bits per heavy atom. The van der Waals surface area contributed by atoms with Crippen molar-refractivity contribution in [3.8, 4) is 5.69 Å². The predicted molar refractivity (Wildman–Crippen MR) is 104 cm³/mol. The third-order valence-electron chi connectivity index (χ3n) is 4.04. The van der Waals surface area contributed by atoms with Crippen LogP contribution >= 0.6 is 11.6 Å². The van der Waals surface area contributed by atoms with Crippen LogP contribution < -0.4 is 5.32 Å². The molecule has 0 bridgehead atoms. The van der Waals surface area contributed by atoms with Gasteiger partial charge in [0.15, 0.2) is 0 Å². The van der Waals surface area contributed by atoms with Crippen LogP contribution in [0.2, 0.25) is 5.15 Å². The number of carbonyl (C=O) groups is 1. The summed E-state index contributed by atoms with van der Waals surface area (Å²) in [6.45, 7) is 2.16. The standard InChI is InChI=1S/C20H20ClN3O3/c1-14-17(19(21)24(23-14)15-7-3-2-4-8-15)13-27-20(26)16-9-5-6-10-18(16)22-11-12-25/h2-10,22,25H,11-13H2,1H3. The number of hydrogen-bond donors (Lipinski definition) is 2. The zero-order valence-corrected chi connectivity index (χ0v) is 15.6. The normalized spacial score (nSPS) is 10.6. The van der Waals surface area contributed by atoms with Gasteiger partial charge in [-0.15, -0.1) is 0 Å². The van der Waals surface area contributed by atoms with Crippen LogP contribution in [-0.4, -0.2) is 34.0 Å². The summed E-state index contributed by atoms with van der Waals surface area (Å²) in [7, 11) is 0. The second-order valence-corrected chi connectivity index (χ2v) is 6.23. The smallest absolute Gasteiger partial charge is 0.340 e. The number of aryl methyl sites for hydroxylation is 1. The minimum absolute atomic E-state index is 0.0185. The highest BCUT2D eigenvalue weighted by Crippen LogP contribution is 2.25. The molecule has 140 valence electrons. The number of para-hydroxylation sites is 2. The summed E-state index contributed by atoms with van der Waals surface area (Å²) in [5.74, 6) is -0.473. The van der Waals surface area contributed by atoms with Gasteiger partial charge in [0.25, 0.3) is 0 Å². The van der Waals surface area contributed by atoms with Crippen LogP contribution in [0.15, 0.2) is 54.6 Å². The summed E-state index contributed by atoms with van der Waals surface area (Å²) in [5.41, 5.74) is 3.20. The van der Waals surface area contributed by atoms with Crippen LogP contribution in [0.4, 0.5) is 5.69 Å². The third kappa shape index (κ3) is 4.30. The topological polar surface area (TPSA) is 76.4 Å². The second kappa shape index (κ2) is 8.70. The molecule has 0 aliphatic carbocycles. The molecular formula is C20H20ClN3O3. The largest absolute Gasteiger partial charge is 0.457 e. The van der Waals surface area contributed by atoms with Crippen molar-refractivity contribution in [3.63, 3.8) is 0 Å². The number of nitrogens with one attached hydrogen (secondary N) is 1. The summed E-state index contributed by atoms with van der Waals surface area (Å²) in [6.07, 6.45) is 0. The number of rotatable bonds is 7. The molecule has 0 atom stereocenters. The highest BCUT2D eigenvalue weighted by Gasteiger charge is 2.18. The van der Waals surface area contributed by atoms with Crippen molar-refractivity contribution in [2.75, 3.05) is 18.5 Å². The molecule has 0 saturated heterocycles. The quantitative estimate of drug-likeness (QED) is 0.608. The molecule has 7 heteroatoms. The van der Waals surface area contributed by atoms with E-state index in [-0.39, 0.29) is 13.2 Å². The Hall–Kier alpha value is -2.83. The zero-order chi connectivity index (χ0) is 19.2. The highest BCUT2D eigenvalue weighted by atomic mass is 35.5. The highest BCUT2D eigenvalue weighted by molar-refractivity contribution is 6.30. The van der Waals surface area contributed by atoms with Gasteiger partial charge in [0, 0.05) is 17.8 Å². The fourth-order valence-corrected chi connectivity index (χ4v) is 2.98. The average Bonchev–Trinajstić information content (AvgIpc) is 2.99. The van der Waals surface area contributed by atoms with Gasteiger partial charge in [0.05, 0.1) is 23.6 Å². The number of nitrogens with zero attached hydrogens (tertiary/aromatic N) is 2. The summed E-state index contributed by atoms with van der Waals surface area (Å²) in [5, 5.41) is 16.8. The monoisotopic (exact) mass is 385 g/mol. The van der Waals surface area contributed by atoms with Crippen molar-refractivity contribution in [2.45, 2.75) is 13.5 Å². The molecule has 27 heavy (non-hydrogen) atoms. The van der Waals surface area contributed by atoms with Gasteiger partial charge in [-0.1, -0.05) is 41.9 Å². The molecule has 0 saturated carbocycles. The van der Waals surface area contributed by atoms with Crippen LogP contribution in [0.3, 0.4) is 0 Å². The van der Waals surface area contributed by atoms with Crippen molar-refractivity contribution >= 4 is 23.3 Å². The Kier molecular flexibility index (Phi) is 6.11. The number of aromatic nitrogens is 2. The van der Waals surface area contributed by atoms with Gasteiger partial charge in [0.1, 0.15) is 11.8 Å². The van der Waals surface area contributed by atoms with Gasteiger partial charge in [-0.3, -0.25) is 0 Å². The molecule has 0 amide bonds. The molecule has 2 aromatic carbocycles. The maximum absolute atomic E-state index is 12.5. The summed E-state index contributed by atoms with van der Waals surface area (Å²) < 4.78 is 7.09. The summed E-state index contributed by atoms with van der Waals surface area (Å²) in [4.78, 5) is 12.5. The lowest BCUT2D eigenvalue weighted by atomic mass is 10.2. The second-order valence-electron chi connectivity index (χ2n) is 5.87. The van der Waals surface area contributed by atoms with Crippen LogP contribution in [0.25, 0.3) is 5.69 Å². The molecule has 0 aliphatic heterocycles. The maximum atomic E-state index is 12.5. The van der Waals surface area contributed by atoms with Crippen LogP contribution in [0.5, 0.6) is 0 Å². The number of aliphatic hydroxyl groups is 1. The van der Waals surface area contributed by atoms with Gasteiger partial charge in [0.2, 0.25) is 0 Å². The number of hydrogen-bond acceptors (Lipinski definition) is 5. The van der Waals surface area contributed by atoms with Gasteiger partial charge in [-0.2, -0.15) is 5.10 Å². The van der Waals surface area contributed by atoms with E-state index in [0.29, 0.717) is 34.2 Å². The molecular weight excluding hydrogens is 366 g/mol. The summed E-state index contributed by atoms with van der Waals surface area (Å²) >= 11 is 6.46. The fourth-order valence-electron chi connectivity index (χ4n) is 2.66. The molecule has 0 fully saturated rings. The molecule has 1 heterocycles. The molecule has 0 radical (unpaired) electrons. The lowest BCUT2D eigenvalue weighted by Gasteiger charge is -2.11. The lowest BCUT2D eigenvalue weighted by molar-refractivity contribution is 0.0473.